The second kappa shape index (κ2) is 8.47. The standard InChI is InChI=1S/C24H21FN6O3/c1-14-17-11-18-19(12-20(17)34-23(33)21(14)22(26)32)31(8-3-7-30-9-6-27-13-30)24(29-18)28-16-5-2-4-15(25)10-16/h2,4-6,9-13H,3,7-8H2,1H3,(H2,26,32)(H,28,29). The Morgan fingerprint density at radius 1 is 1.24 bits per heavy atom. The zero-order valence-corrected chi connectivity index (χ0v) is 18.3. The molecular formula is C24H21FN6O3. The van der Waals surface area contributed by atoms with E-state index in [4.69, 9.17) is 15.1 Å². The number of rotatable bonds is 7. The number of nitrogens with one attached hydrogen (secondary N) is 1. The van der Waals surface area contributed by atoms with Crippen LogP contribution >= 0.6 is 0 Å². The maximum Gasteiger partial charge on any atom is 0.349 e. The number of hydrogen-bond acceptors (Lipinski definition) is 6. The van der Waals surface area contributed by atoms with Crippen LogP contribution in [0.1, 0.15) is 22.3 Å². The molecule has 0 unspecified atom stereocenters. The molecule has 0 radical (unpaired) electrons. The molecule has 0 atom stereocenters. The highest BCUT2D eigenvalue weighted by Gasteiger charge is 2.19. The molecule has 5 aromatic rings. The average molecular weight is 460 g/mol. The number of amides is 1. The number of anilines is 2. The van der Waals surface area contributed by atoms with Crippen molar-refractivity contribution in [3.05, 3.63) is 82.5 Å². The summed E-state index contributed by atoms with van der Waals surface area (Å²) < 4.78 is 23.1. The van der Waals surface area contributed by atoms with Gasteiger partial charge in [-0.25, -0.2) is 19.2 Å². The lowest BCUT2D eigenvalue weighted by Crippen LogP contribution is -2.22. The third-order valence-electron chi connectivity index (χ3n) is 5.72. The molecular weight excluding hydrogens is 439 g/mol. The number of carbonyl (C=O) groups is 1. The summed E-state index contributed by atoms with van der Waals surface area (Å²) in [5.74, 6) is -0.696. The first kappa shape index (κ1) is 21.4. The molecule has 9 nitrogen and oxygen atoms in total. The normalized spacial score (nSPS) is 11.4. The van der Waals surface area contributed by atoms with Gasteiger partial charge in [0.1, 0.15) is 17.0 Å². The van der Waals surface area contributed by atoms with Gasteiger partial charge >= 0.3 is 5.63 Å². The minimum absolute atomic E-state index is 0.176. The topological polar surface area (TPSA) is 121 Å². The van der Waals surface area contributed by atoms with Crippen molar-refractivity contribution in [1.29, 1.82) is 0 Å². The molecule has 3 heterocycles. The molecule has 172 valence electrons. The summed E-state index contributed by atoms with van der Waals surface area (Å²) in [6.45, 7) is 2.97. The zero-order chi connectivity index (χ0) is 23.8. The Bertz CT molecular complexity index is 1590. The summed E-state index contributed by atoms with van der Waals surface area (Å²) in [6, 6.07) is 9.60. The lowest BCUT2D eigenvalue weighted by molar-refractivity contribution is 0.0996. The SMILES string of the molecule is Cc1c(C(N)=O)c(=O)oc2cc3c(cc12)nc(Nc1cccc(F)c1)n3CCCn1ccnc1. The van der Waals surface area contributed by atoms with E-state index in [1.54, 1.807) is 43.7 Å². The number of halogens is 1. The fourth-order valence-electron chi connectivity index (χ4n) is 4.10. The lowest BCUT2D eigenvalue weighted by atomic mass is 10.1. The second-order valence-corrected chi connectivity index (χ2v) is 7.97. The summed E-state index contributed by atoms with van der Waals surface area (Å²) in [4.78, 5) is 32.9. The summed E-state index contributed by atoms with van der Waals surface area (Å²) in [5, 5.41) is 3.75. The minimum atomic E-state index is -0.841. The van der Waals surface area contributed by atoms with Crippen LogP contribution in [0.3, 0.4) is 0 Å². The third-order valence-corrected chi connectivity index (χ3v) is 5.72. The van der Waals surface area contributed by atoms with Gasteiger partial charge in [0.15, 0.2) is 0 Å². The van der Waals surface area contributed by atoms with E-state index in [9.17, 15) is 14.0 Å². The summed E-state index contributed by atoms with van der Waals surface area (Å²) in [6.07, 6.45) is 6.13. The Balaban J connectivity index is 1.63. The number of nitrogens with zero attached hydrogens (tertiary/aromatic N) is 4. The highest BCUT2D eigenvalue weighted by atomic mass is 19.1. The molecule has 10 heteroatoms. The quantitative estimate of drug-likeness (QED) is 0.357. The van der Waals surface area contributed by atoms with Crippen molar-refractivity contribution in [3.63, 3.8) is 0 Å². The van der Waals surface area contributed by atoms with Gasteiger partial charge in [-0.05, 0) is 43.2 Å². The molecule has 1 amide bonds. The Hall–Kier alpha value is -4.47. The first-order chi connectivity index (χ1) is 16.4. The van der Waals surface area contributed by atoms with E-state index in [1.165, 1.54) is 12.1 Å². The van der Waals surface area contributed by atoms with Gasteiger partial charge in [-0.1, -0.05) is 6.07 Å². The van der Waals surface area contributed by atoms with Crippen LogP contribution in [0.4, 0.5) is 16.0 Å². The first-order valence-corrected chi connectivity index (χ1v) is 10.7. The van der Waals surface area contributed by atoms with Gasteiger partial charge in [-0.3, -0.25) is 4.79 Å². The maximum atomic E-state index is 13.8. The number of carbonyl (C=O) groups excluding carboxylic acids is 1. The zero-order valence-electron chi connectivity index (χ0n) is 18.3. The van der Waals surface area contributed by atoms with E-state index in [2.05, 4.69) is 10.3 Å². The average Bonchev–Trinajstić information content (AvgIpc) is 3.41. The Morgan fingerprint density at radius 2 is 2.09 bits per heavy atom. The van der Waals surface area contributed by atoms with Crippen LogP contribution in [-0.2, 0) is 13.1 Å². The number of aryl methyl sites for hydroxylation is 3. The molecule has 3 N–H and O–H groups in total. The van der Waals surface area contributed by atoms with Crippen LogP contribution in [0.2, 0.25) is 0 Å². The fourth-order valence-corrected chi connectivity index (χ4v) is 4.10. The fraction of sp³-hybridized carbons (Fsp3) is 0.167. The Kier molecular flexibility index (Phi) is 5.33. The largest absolute Gasteiger partial charge is 0.422 e. The molecule has 2 aromatic carbocycles. The van der Waals surface area contributed by atoms with Gasteiger partial charge in [0.05, 0.1) is 17.4 Å². The molecule has 0 aliphatic rings. The van der Waals surface area contributed by atoms with E-state index in [1.807, 2.05) is 15.3 Å². The van der Waals surface area contributed by atoms with Crippen molar-refractivity contribution >= 4 is 39.5 Å². The lowest BCUT2D eigenvalue weighted by Gasteiger charge is -2.12. The van der Waals surface area contributed by atoms with Gasteiger partial charge in [-0.2, -0.15) is 0 Å². The molecule has 5 rings (SSSR count). The molecule has 0 spiro atoms. The molecule has 3 aromatic heterocycles. The van der Waals surface area contributed by atoms with Gasteiger partial charge in [0.2, 0.25) is 5.95 Å². The van der Waals surface area contributed by atoms with Crippen LogP contribution < -0.4 is 16.7 Å². The van der Waals surface area contributed by atoms with Gasteiger partial charge in [0, 0.05) is 42.6 Å². The highest BCUT2D eigenvalue weighted by Crippen LogP contribution is 2.29. The van der Waals surface area contributed by atoms with E-state index in [0.717, 1.165) is 18.5 Å². The monoisotopic (exact) mass is 460 g/mol. The third kappa shape index (κ3) is 3.90. The molecule has 0 bridgehead atoms. The van der Waals surface area contributed by atoms with Crippen LogP contribution in [-0.4, -0.2) is 25.0 Å². The minimum Gasteiger partial charge on any atom is -0.422 e. The van der Waals surface area contributed by atoms with E-state index < -0.39 is 11.5 Å². The van der Waals surface area contributed by atoms with Gasteiger partial charge in [-0.15, -0.1) is 0 Å². The van der Waals surface area contributed by atoms with Crippen molar-refractivity contribution in [3.8, 4) is 0 Å². The van der Waals surface area contributed by atoms with Crippen LogP contribution in [0.15, 0.2) is 64.3 Å². The Morgan fingerprint density at radius 3 is 2.82 bits per heavy atom. The predicted octanol–water partition coefficient (Wildman–Crippen LogP) is 3.72. The predicted molar refractivity (Wildman–Crippen MR) is 126 cm³/mol. The first-order valence-electron chi connectivity index (χ1n) is 10.7. The van der Waals surface area contributed by atoms with Crippen LogP contribution in [0.25, 0.3) is 22.0 Å². The second-order valence-electron chi connectivity index (χ2n) is 7.97. The van der Waals surface area contributed by atoms with Gasteiger partial charge in [0.25, 0.3) is 5.91 Å². The van der Waals surface area contributed by atoms with Crippen LogP contribution in [0, 0.1) is 12.7 Å². The van der Waals surface area contributed by atoms with Crippen molar-refractivity contribution in [2.24, 2.45) is 5.73 Å². The van der Waals surface area contributed by atoms with Crippen molar-refractivity contribution in [2.75, 3.05) is 5.32 Å². The van der Waals surface area contributed by atoms with Crippen molar-refractivity contribution < 1.29 is 13.6 Å². The number of nitrogens with two attached hydrogens (primary N) is 1. The number of primary amides is 1. The number of imidazole rings is 2. The molecule has 0 saturated heterocycles. The molecule has 0 aliphatic heterocycles. The molecule has 0 aliphatic carbocycles. The number of benzene rings is 2. The summed E-state index contributed by atoms with van der Waals surface area (Å²) >= 11 is 0. The van der Waals surface area contributed by atoms with Crippen molar-refractivity contribution in [1.82, 2.24) is 19.1 Å². The smallest absolute Gasteiger partial charge is 0.349 e. The van der Waals surface area contributed by atoms with Crippen molar-refractivity contribution in [2.45, 2.75) is 26.4 Å². The van der Waals surface area contributed by atoms with E-state index >= 15 is 0 Å². The van der Waals surface area contributed by atoms with Crippen LogP contribution in [0.5, 0.6) is 0 Å². The molecule has 0 fully saturated rings. The highest BCUT2D eigenvalue weighted by molar-refractivity contribution is 6.01. The van der Waals surface area contributed by atoms with E-state index in [-0.39, 0.29) is 11.4 Å². The van der Waals surface area contributed by atoms with E-state index in [0.29, 0.717) is 40.2 Å². The number of fused-ring (bicyclic) bond motifs is 2. The molecule has 0 saturated carbocycles. The number of hydrogen-bond donors (Lipinski definition) is 2. The Labute approximate surface area is 192 Å². The summed E-state index contributed by atoms with van der Waals surface area (Å²) in [5.41, 5.74) is 7.09. The van der Waals surface area contributed by atoms with Gasteiger partial charge < -0.3 is 24.6 Å². The maximum absolute atomic E-state index is 13.8. The molecule has 34 heavy (non-hydrogen) atoms. The number of aromatic nitrogens is 4. The summed E-state index contributed by atoms with van der Waals surface area (Å²) in [7, 11) is 0.